The van der Waals surface area contributed by atoms with Gasteiger partial charge in [0.25, 0.3) is 5.91 Å². The Hall–Kier alpha value is -3.58. The zero-order valence-corrected chi connectivity index (χ0v) is 23.5. The molecule has 1 fully saturated rings. The molecule has 2 heterocycles. The molecule has 1 aliphatic heterocycles. The van der Waals surface area contributed by atoms with Crippen molar-refractivity contribution in [1.29, 1.82) is 0 Å². The van der Waals surface area contributed by atoms with Gasteiger partial charge in [-0.25, -0.2) is 4.98 Å². The lowest BCUT2D eigenvalue weighted by molar-refractivity contribution is 0.0557. The van der Waals surface area contributed by atoms with Crippen LogP contribution in [0.5, 0.6) is 0 Å². The fourth-order valence-electron chi connectivity index (χ4n) is 5.71. The predicted molar refractivity (Wildman–Crippen MR) is 160 cm³/mol. The van der Waals surface area contributed by atoms with E-state index in [0.29, 0.717) is 31.4 Å². The highest BCUT2D eigenvalue weighted by molar-refractivity contribution is 6.09. The van der Waals surface area contributed by atoms with E-state index >= 15 is 0 Å². The number of pyridine rings is 1. The lowest BCUT2D eigenvalue weighted by Gasteiger charge is -2.25. The van der Waals surface area contributed by atoms with Gasteiger partial charge >= 0.3 is 0 Å². The third kappa shape index (κ3) is 6.41. The molecule has 1 saturated heterocycles. The average Bonchev–Trinajstić information content (AvgIpc) is 3.46. The van der Waals surface area contributed by atoms with Crippen molar-refractivity contribution in [2.45, 2.75) is 44.9 Å². The Morgan fingerprint density at radius 2 is 1.75 bits per heavy atom. The van der Waals surface area contributed by atoms with E-state index in [1.165, 1.54) is 0 Å². The summed E-state index contributed by atoms with van der Waals surface area (Å²) in [6.45, 7) is 5.69. The predicted octanol–water partition coefficient (Wildman–Crippen LogP) is 6.41. The van der Waals surface area contributed by atoms with Gasteiger partial charge in [0.1, 0.15) is 0 Å². The molecule has 0 aliphatic carbocycles. The molecule has 1 amide bonds. The van der Waals surface area contributed by atoms with Gasteiger partial charge in [-0.1, -0.05) is 85.8 Å². The fraction of sp³-hybridized carbons (Fsp3) is 0.353. The second-order valence-electron chi connectivity index (χ2n) is 10.4. The van der Waals surface area contributed by atoms with E-state index in [1.807, 2.05) is 72.8 Å². The Morgan fingerprint density at radius 1 is 1.02 bits per heavy atom. The zero-order valence-electron chi connectivity index (χ0n) is 23.5. The Labute approximate surface area is 237 Å². The summed E-state index contributed by atoms with van der Waals surface area (Å²) >= 11 is 0. The highest BCUT2D eigenvalue weighted by atomic mass is 16.5. The number of ether oxygens (including phenoxy) is 2. The van der Waals surface area contributed by atoms with Crippen LogP contribution in [0, 0.1) is 0 Å². The fourth-order valence-corrected chi connectivity index (χ4v) is 5.71. The summed E-state index contributed by atoms with van der Waals surface area (Å²) in [4.78, 5) is 21.7. The Kier molecular flexibility index (Phi) is 9.55. The van der Waals surface area contributed by atoms with Crippen LogP contribution in [0.2, 0.25) is 0 Å². The molecule has 1 aliphatic rings. The summed E-state index contributed by atoms with van der Waals surface area (Å²) in [6.07, 6.45) is 3.05. The van der Waals surface area contributed by atoms with Crippen LogP contribution in [0.25, 0.3) is 22.2 Å². The van der Waals surface area contributed by atoms with Crippen LogP contribution in [0.3, 0.4) is 0 Å². The second kappa shape index (κ2) is 13.7. The van der Waals surface area contributed by atoms with Crippen molar-refractivity contribution in [1.82, 2.24) is 15.2 Å². The van der Waals surface area contributed by atoms with Crippen molar-refractivity contribution in [3.05, 3.63) is 102 Å². The molecule has 5 rings (SSSR count). The third-order valence-corrected chi connectivity index (χ3v) is 7.82. The van der Waals surface area contributed by atoms with E-state index in [2.05, 4.69) is 29.3 Å². The molecule has 3 aromatic carbocycles. The number of carbonyl (C=O) groups excluding carboxylic acids is 1. The number of para-hydroxylation sites is 1. The number of nitrogens with one attached hydrogen (secondary N) is 1. The van der Waals surface area contributed by atoms with Gasteiger partial charge in [0.2, 0.25) is 0 Å². The maximum atomic E-state index is 14.2. The largest absolute Gasteiger partial charge is 0.383 e. The Bertz CT molecular complexity index is 1390. The van der Waals surface area contributed by atoms with Crippen molar-refractivity contribution in [3.63, 3.8) is 0 Å². The van der Waals surface area contributed by atoms with Crippen LogP contribution in [0.4, 0.5) is 0 Å². The topological polar surface area (TPSA) is 63.7 Å². The first-order valence-electron chi connectivity index (χ1n) is 14.3. The number of aromatic nitrogens is 1. The van der Waals surface area contributed by atoms with Crippen LogP contribution in [-0.4, -0.2) is 55.2 Å². The van der Waals surface area contributed by atoms with Crippen molar-refractivity contribution in [2.24, 2.45) is 0 Å². The van der Waals surface area contributed by atoms with E-state index in [0.717, 1.165) is 65.6 Å². The lowest BCUT2D eigenvalue weighted by Crippen LogP contribution is -2.35. The smallest absolute Gasteiger partial charge is 0.252 e. The quantitative estimate of drug-likeness (QED) is 0.226. The molecule has 0 bridgehead atoms. The number of nitrogens with zero attached hydrogens (tertiary/aromatic N) is 2. The van der Waals surface area contributed by atoms with E-state index in [9.17, 15) is 4.79 Å². The average molecular weight is 538 g/mol. The molecular weight excluding hydrogens is 498 g/mol. The molecule has 0 saturated carbocycles. The van der Waals surface area contributed by atoms with Gasteiger partial charge < -0.3 is 14.8 Å². The number of likely N-dealkylation sites (tertiary alicyclic amines) is 1. The minimum Gasteiger partial charge on any atom is -0.383 e. The van der Waals surface area contributed by atoms with Crippen LogP contribution in [0.15, 0.2) is 84.9 Å². The van der Waals surface area contributed by atoms with Crippen molar-refractivity contribution >= 4 is 16.8 Å². The van der Waals surface area contributed by atoms with Crippen LogP contribution < -0.4 is 5.32 Å². The molecule has 4 aromatic rings. The summed E-state index contributed by atoms with van der Waals surface area (Å²) in [7, 11) is 1.74. The standard InChI is InChI=1S/C34H39N3O3/c1-3-30(25-13-6-4-7-14-25)36-34(38)32-28-18-10-11-19-31(28)35-33(26-15-8-5-9-16-26)29(32)24-40-23-27-17-12-20-37(27)21-22-39-2/h4-11,13-16,18-19,27,30H,3,12,17,20-24H2,1-2H3,(H,36,38)/t27-,30-/m0/s1. The summed E-state index contributed by atoms with van der Waals surface area (Å²) in [5.41, 5.74) is 5.12. The van der Waals surface area contributed by atoms with Crippen molar-refractivity contribution < 1.29 is 14.3 Å². The highest BCUT2D eigenvalue weighted by Gasteiger charge is 2.27. The lowest BCUT2D eigenvalue weighted by atomic mass is 9.95. The summed E-state index contributed by atoms with van der Waals surface area (Å²) in [5, 5.41) is 4.16. The number of fused-ring (bicyclic) bond motifs is 1. The number of rotatable bonds is 12. The molecule has 0 unspecified atom stereocenters. The van der Waals surface area contributed by atoms with E-state index in [4.69, 9.17) is 14.5 Å². The molecule has 40 heavy (non-hydrogen) atoms. The number of hydrogen-bond acceptors (Lipinski definition) is 5. The maximum Gasteiger partial charge on any atom is 0.252 e. The van der Waals surface area contributed by atoms with Gasteiger partial charge in [-0.15, -0.1) is 0 Å². The third-order valence-electron chi connectivity index (χ3n) is 7.82. The maximum absolute atomic E-state index is 14.2. The van der Waals surface area contributed by atoms with E-state index in [1.54, 1.807) is 7.11 Å². The van der Waals surface area contributed by atoms with Crippen LogP contribution >= 0.6 is 0 Å². The molecule has 6 heteroatoms. The van der Waals surface area contributed by atoms with Crippen LogP contribution in [0.1, 0.15) is 53.7 Å². The van der Waals surface area contributed by atoms with Gasteiger partial charge in [-0.2, -0.15) is 0 Å². The molecule has 0 radical (unpaired) electrons. The van der Waals surface area contributed by atoms with E-state index < -0.39 is 0 Å². The van der Waals surface area contributed by atoms with Gasteiger partial charge in [-0.05, 0) is 37.4 Å². The first-order chi connectivity index (χ1) is 19.7. The highest BCUT2D eigenvalue weighted by Crippen LogP contribution is 2.32. The minimum absolute atomic E-state index is 0.0950. The zero-order chi connectivity index (χ0) is 27.7. The Balaban J connectivity index is 1.51. The number of amides is 1. The van der Waals surface area contributed by atoms with Gasteiger partial charge in [0.05, 0.1) is 42.6 Å². The summed E-state index contributed by atoms with van der Waals surface area (Å²) in [6, 6.07) is 28.4. The number of benzene rings is 3. The van der Waals surface area contributed by atoms with Gasteiger partial charge in [0, 0.05) is 36.2 Å². The van der Waals surface area contributed by atoms with Crippen molar-refractivity contribution in [2.75, 3.05) is 33.4 Å². The molecule has 2 atom stereocenters. The molecule has 6 nitrogen and oxygen atoms in total. The Morgan fingerprint density at radius 3 is 2.50 bits per heavy atom. The van der Waals surface area contributed by atoms with E-state index in [-0.39, 0.29) is 11.9 Å². The first-order valence-corrected chi connectivity index (χ1v) is 14.3. The monoisotopic (exact) mass is 537 g/mol. The number of carbonyl (C=O) groups is 1. The molecule has 0 spiro atoms. The first kappa shape index (κ1) is 28.0. The summed E-state index contributed by atoms with van der Waals surface area (Å²) in [5.74, 6) is -0.104. The van der Waals surface area contributed by atoms with Gasteiger partial charge in [0.15, 0.2) is 0 Å². The molecule has 1 N–H and O–H groups in total. The van der Waals surface area contributed by atoms with Crippen molar-refractivity contribution in [3.8, 4) is 11.3 Å². The number of hydrogen-bond donors (Lipinski definition) is 1. The normalized spacial score (nSPS) is 16.3. The second-order valence-corrected chi connectivity index (χ2v) is 10.4. The number of methoxy groups -OCH3 is 1. The minimum atomic E-state index is -0.104. The molecular formula is C34H39N3O3. The SMILES string of the molecule is CC[C@H](NC(=O)c1c(COC[C@@H]2CCCN2CCOC)c(-c2ccccc2)nc2ccccc12)c1ccccc1. The molecule has 208 valence electrons. The molecule has 1 aromatic heterocycles. The summed E-state index contributed by atoms with van der Waals surface area (Å²) < 4.78 is 11.7. The van der Waals surface area contributed by atoms with Gasteiger partial charge in [-0.3, -0.25) is 9.69 Å². The van der Waals surface area contributed by atoms with Crippen LogP contribution in [-0.2, 0) is 16.1 Å².